The molecule has 0 saturated heterocycles. The monoisotopic (exact) mass is 214 g/mol. The lowest BCUT2D eigenvalue weighted by atomic mass is 10.2. The second kappa shape index (κ2) is 6.11. The van der Waals surface area contributed by atoms with Gasteiger partial charge in [0.25, 0.3) is 0 Å². The number of aromatic nitrogens is 1. The van der Waals surface area contributed by atoms with Gasteiger partial charge in [-0.2, -0.15) is 0 Å². The minimum absolute atomic E-state index is 0.253. The summed E-state index contributed by atoms with van der Waals surface area (Å²) in [6.45, 7) is 6.12. The Bertz CT molecular complexity index is 262. The van der Waals surface area contributed by atoms with Gasteiger partial charge in [0.05, 0.1) is 10.7 Å². The standard InChI is InChI=1S/C10H18N2OS/c1-8(6-13)5-11-4-3-10-7-14-9(2)12-10/h7-8,11,13H,3-6H2,1-2H3. The first-order chi connectivity index (χ1) is 6.72. The van der Waals surface area contributed by atoms with Gasteiger partial charge in [-0.3, -0.25) is 0 Å². The largest absolute Gasteiger partial charge is 0.396 e. The predicted octanol–water partition coefficient (Wildman–Crippen LogP) is 1.21. The van der Waals surface area contributed by atoms with Crippen LogP contribution in [0.4, 0.5) is 0 Å². The summed E-state index contributed by atoms with van der Waals surface area (Å²) < 4.78 is 0. The smallest absolute Gasteiger partial charge is 0.0897 e. The summed E-state index contributed by atoms with van der Waals surface area (Å²) in [6.07, 6.45) is 0.975. The average molecular weight is 214 g/mol. The molecule has 0 aliphatic carbocycles. The van der Waals surface area contributed by atoms with Crippen molar-refractivity contribution >= 4 is 11.3 Å². The molecule has 0 aliphatic heterocycles. The third-order valence-electron chi connectivity index (χ3n) is 2.03. The Hall–Kier alpha value is -0.450. The highest BCUT2D eigenvalue weighted by atomic mass is 32.1. The molecule has 80 valence electrons. The molecule has 0 aromatic carbocycles. The maximum atomic E-state index is 8.80. The minimum Gasteiger partial charge on any atom is -0.396 e. The van der Waals surface area contributed by atoms with E-state index in [0.29, 0.717) is 5.92 Å². The van der Waals surface area contributed by atoms with Crippen LogP contribution in [0.15, 0.2) is 5.38 Å². The Morgan fingerprint density at radius 1 is 1.64 bits per heavy atom. The van der Waals surface area contributed by atoms with Crippen LogP contribution in [0.25, 0.3) is 0 Å². The molecule has 4 heteroatoms. The van der Waals surface area contributed by atoms with Gasteiger partial charge in [0, 0.05) is 25.0 Å². The van der Waals surface area contributed by atoms with Gasteiger partial charge in [-0.05, 0) is 19.4 Å². The average Bonchev–Trinajstić information content (AvgIpc) is 2.58. The van der Waals surface area contributed by atoms with E-state index in [1.807, 2.05) is 13.8 Å². The number of hydrogen-bond donors (Lipinski definition) is 2. The molecular formula is C10H18N2OS. The van der Waals surface area contributed by atoms with Gasteiger partial charge < -0.3 is 10.4 Å². The zero-order chi connectivity index (χ0) is 10.4. The summed E-state index contributed by atoms with van der Waals surface area (Å²) in [5.74, 6) is 0.340. The number of thiazole rings is 1. The normalized spacial score (nSPS) is 13.1. The summed E-state index contributed by atoms with van der Waals surface area (Å²) >= 11 is 1.69. The van der Waals surface area contributed by atoms with Crippen molar-refractivity contribution in [1.29, 1.82) is 0 Å². The van der Waals surface area contributed by atoms with Crippen molar-refractivity contribution in [2.45, 2.75) is 20.3 Å². The predicted molar refractivity (Wildman–Crippen MR) is 59.7 cm³/mol. The summed E-state index contributed by atoms with van der Waals surface area (Å²) in [4.78, 5) is 4.38. The van der Waals surface area contributed by atoms with Crippen molar-refractivity contribution in [3.05, 3.63) is 16.1 Å². The van der Waals surface area contributed by atoms with Crippen LogP contribution in [0.1, 0.15) is 17.6 Å². The van der Waals surface area contributed by atoms with Crippen LogP contribution in [0.5, 0.6) is 0 Å². The van der Waals surface area contributed by atoms with Crippen LogP contribution in [0.3, 0.4) is 0 Å². The van der Waals surface area contributed by atoms with Crippen LogP contribution in [0, 0.1) is 12.8 Å². The second-order valence-electron chi connectivity index (χ2n) is 3.60. The lowest BCUT2D eigenvalue weighted by molar-refractivity contribution is 0.234. The van der Waals surface area contributed by atoms with Crippen LogP contribution >= 0.6 is 11.3 Å². The Morgan fingerprint density at radius 2 is 2.43 bits per heavy atom. The van der Waals surface area contributed by atoms with E-state index in [4.69, 9.17) is 5.11 Å². The molecule has 1 rings (SSSR count). The van der Waals surface area contributed by atoms with E-state index in [0.717, 1.165) is 30.2 Å². The number of aliphatic hydroxyl groups is 1. The molecule has 0 radical (unpaired) electrons. The molecular weight excluding hydrogens is 196 g/mol. The highest BCUT2D eigenvalue weighted by Gasteiger charge is 2.00. The van der Waals surface area contributed by atoms with E-state index < -0.39 is 0 Å². The number of aliphatic hydroxyl groups excluding tert-OH is 1. The Labute approximate surface area is 89.2 Å². The molecule has 1 aromatic rings. The topological polar surface area (TPSA) is 45.2 Å². The Morgan fingerprint density at radius 3 is 3.00 bits per heavy atom. The molecule has 0 fully saturated rings. The van der Waals surface area contributed by atoms with Crippen molar-refractivity contribution in [3.8, 4) is 0 Å². The zero-order valence-electron chi connectivity index (χ0n) is 8.79. The van der Waals surface area contributed by atoms with E-state index in [2.05, 4.69) is 15.7 Å². The molecule has 0 aliphatic rings. The number of nitrogens with one attached hydrogen (secondary N) is 1. The molecule has 3 nitrogen and oxygen atoms in total. The third kappa shape index (κ3) is 4.17. The van der Waals surface area contributed by atoms with E-state index in [-0.39, 0.29) is 6.61 Å². The van der Waals surface area contributed by atoms with Crippen LogP contribution in [-0.2, 0) is 6.42 Å². The van der Waals surface area contributed by atoms with Crippen molar-refractivity contribution in [2.24, 2.45) is 5.92 Å². The summed E-state index contributed by atoms with van der Waals surface area (Å²) in [6, 6.07) is 0. The number of hydrogen-bond acceptors (Lipinski definition) is 4. The second-order valence-corrected chi connectivity index (χ2v) is 4.66. The summed E-state index contributed by atoms with van der Waals surface area (Å²) in [5.41, 5.74) is 1.16. The molecule has 0 spiro atoms. The van der Waals surface area contributed by atoms with E-state index in [1.54, 1.807) is 11.3 Å². The highest BCUT2D eigenvalue weighted by Crippen LogP contribution is 2.07. The van der Waals surface area contributed by atoms with E-state index in [9.17, 15) is 0 Å². The van der Waals surface area contributed by atoms with E-state index >= 15 is 0 Å². The molecule has 1 atom stereocenters. The molecule has 14 heavy (non-hydrogen) atoms. The SMILES string of the molecule is Cc1nc(CCNCC(C)CO)cs1. The Balaban J connectivity index is 2.10. The van der Waals surface area contributed by atoms with Gasteiger partial charge in [0.15, 0.2) is 0 Å². The van der Waals surface area contributed by atoms with Crippen molar-refractivity contribution in [3.63, 3.8) is 0 Å². The minimum atomic E-state index is 0.253. The first kappa shape index (κ1) is 11.6. The molecule has 0 bridgehead atoms. The summed E-state index contributed by atoms with van der Waals surface area (Å²) in [5, 5.41) is 15.3. The van der Waals surface area contributed by atoms with Gasteiger partial charge >= 0.3 is 0 Å². The molecule has 1 unspecified atom stereocenters. The molecule has 2 N–H and O–H groups in total. The maximum absolute atomic E-state index is 8.80. The number of rotatable bonds is 6. The molecule has 0 amide bonds. The van der Waals surface area contributed by atoms with Gasteiger partial charge in [-0.1, -0.05) is 6.92 Å². The van der Waals surface area contributed by atoms with Crippen molar-refractivity contribution < 1.29 is 5.11 Å². The zero-order valence-corrected chi connectivity index (χ0v) is 9.60. The number of aryl methyl sites for hydroxylation is 1. The highest BCUT2D eigenvalue weighted by molar-refractivity contribution is 7.09. The molecule has 1 heterocycles. The fourth-order valence-electron chi connectivity index (χ4n) is 1.15. The van der Waals surface area contributed by atoms with Crippen LogP contribution in [0.2, 0.25) is 0 Å². The fraction of sp³-hybridized carbons (Fsp3) is 0.700. The van der Waals surface area contributed by atoms with Gasteiger partial charge in [-0.15, -0.1) is 11.3 Å². The van der Waals surface area contributed by atoms with E-state index in [1.165, 1.54) is 0 Å². The van der Waals surface area contributed by atoms with Crippen LogP contribution in [-0.4, -0.2) is 29.8 Å². The fourth-order valence-corrected chi connectivity index (χ4v) is 1.80. The lowest BCUT2D eigenvalue weighted by Crippen LogP contribution is -2.25. The molecule has 0 saturated carbocycles. The van der Waals surface area contributed by atoms with Crippen LogP contribution < -0.4 is 5.32 Å². The molecule has 1 aromatic heterocycles. The van der Waals surface area contributed by atoms with Crippen molar-refractivity contribution in [1.82, 2.24) is 10.3 Å². The van der Waals surface area contributed by atoms with Gasteiger partial charge in [0.1, 0.15) is 0 Å². The quantitative estimate of drug-likeness (QED) is 0.700. The van der Waals surface area contributed by atoms with Crippen molar-refractivity contribution in [2.75, 3.05) is 19.7 Å². The maximum Gasteiger partial charge on any atom is 0.0897 e. The summed E-state index contributed by atoms with van der Waals surface area (Å²) in [7, 11) is 0. The first-order valence-corrected chi connectivity index (χ1v) is 5.83. The van der Waals surface area contributed by atoms with Gasteiger partial charge in [0.2, 0.25) is 0 Å². The third-order valence-corrected chi connectivity index (χ3v) is 2.85. The number of nitrogens with zero attached hydrogens (tertiary/aromatic N) is 1. The Kier molecular flexibility index (Phi) is 5.07. The lowest BCUT2D eigenvalue weighted by Gasteiger charge is -2.08. The van der Waals surface area contributed by atoms with Gasteiger partial charge in [-0.25, -0.2) is 4.98 Å². The first-order valence-electron chi connectivity index (χ1n) is 4.95.